The lowest BCUT2D eigenvalue weighted by atomic mass is 10.0. The third-order valence-electron chi connectivity index (χ3n) is 5.99. The van der Waals surface area contributed by atoms with Gasteiger partial charge >= 0.3 is 0 Å². The van der Waals surface area contributed by atoms with Crippen LogP contribution < -0.4 is 10.6 Å². The van der Waals surface area contributed by atoms with Crippen molar-refractivity contribution in [1.29, 1.82) is 0 Å². The number of piperazine rings is 1. The van der Waals surface area contributed by atoms with Crippen LogP contribution in [0.4, 0.5) is 5.82 Å². The van der Waals surface area contributed by atoms with Crippen molar-refractivity contribution < 1.29 is 4.79 Å². The molecule has 1 unspecified atom stereocenters. The fourth-order valence-corrected chi connectivity index (χ4v) is 4.04. The van der Waals surface area contributed by atoms with Gasteiger partial charge in [0.05, 0.1) is 5.52 Å². The summed E-state index contributed by atoms with van der Waals surface area (Å²) in [6.07, 6.45) is 3.90. The van der Waals surface area contributed by atoms with Crippen molar-refractivity contribution in [1.82, 2.24) is 19.8 Å². The van der Waals surface area contributed by atoms with Crippen LogP contribution in [0.5, 0.6) is 0 Å². The number of carbonyl (C=O) groups is 1. The maximum atomic E-state index is 12.1. The average molecular weight is 390 g/mol. The molecule has 1 aliphatic carbocycles. The number of benzene rings is 1. The second kappa shape index (κ2) is 7.61. The van der Waals surface area contributed by atoms with Gasteiger partial charge in [-0.15, -0.1) is 0 Å². The van der Waals surface area contributed by atoms with Gasteiger partial charge in [0.15, 0.2) is 5.82 Å². The zero-order valence-corrected chi connectivity index (χ0v) is 16.8. The molecule has 3 aromatic rings. The van der Waals surface area contributed by atoms with Crippen molar-refractivity contribution in [3.63, 3.8) is 0 Å². The number of aromatic nitrogens is 2. The van der Waals surface area contributed by atoms with Crippen LogP contribution >= 0.6 is 0 Å². The first-order chi connectivity index (χ1) is 14.2. The molecule has 1 aliphatic heterocycles. The summed E-state index contributed by atoms with van der Waals surface area (Å²) >= 11 is 0. The second-order valence-corrected chi connectivity index (χ2v) is 8.27. The summed E-state index contributed by atoms with van der Waals surface area (Å²) in [6.45, 7) is 6.47. The minimum atomic E-state index is 0.0847. The first kappa shape index (κ1) is 18.3. The van der Waals surface area contributed by atoms with Crippen molar-refractivity contribution in [3.8, 4) is 11.1 Å². The van der Waals surface area contributed by atoms with Gasteiger partial charge in [-0.1, -0.05) is 30.3 Å². The number of fused-ring (bicyclic) bond motifs is 1. The molecule has 1 atom stereocenters. The lowest BCUT2D eigenvalue weighted by Gasteiger charge is -2.33. The Bertz CT molecular complexity index is 1020. The second-order valence-electron chi connectivity index (χ2n) is 8.27. The maximum absolute atomic E-state index is 12.1. The minimum absolute atomic E-state index is 0.0847. The molecule has 0 radical (unpaired) electrons. The Morgan fingerprint density at radius 3 is 2.83 bits per heavy atom. The van der Waals surface area contributed by atoms with E-state index in [-0.39, 0.29) is 11.8 Å². The summed E-state index contributed by atoms with van der Waals surface area (Å²) in [5, 5.41) is 10.9. The number of hydrogen-bond acceptors (Lipinski definition) is 4. The average Bonchev–Trinajstić information content (AvgIpc) is 3.50. The van der Waals surface area contributed by atoms with Crippen LogP contribution in [-0.4, -0.2) is 46.1 Å². The molecule has 1 saturated carbocycles. The highest BCUT2D eigenvalue weighted by Gasteiger charge is 2.30. The molecule has 3 heterocycles. The third kappa shape index (κ3) is 3.91. The van der Waals surface area contributed by atoms with Gasteiger partial charge in [-0.05, 0) is 37.0 Å². The van der Waals surface area contributed by atoms with Crippen LogP contribution in [0.3, 0.4) is 0 Å². The van der Waals surface area contributed by atoms with E-state index in [2.05, 4.69) is 57.9 Å². The molecule has 0 bridgehead atoms. The molecule has 1 aromatic carbocycles. The summed E-state index contributed by atoms with van der Waals surface area (Å²) in [5.74, 6) is 0.880. The molecule has 1 saturated heterocycles. The third-order valence-corrected chi connectivity index (χ3v) is 5.99. The molecule has 2 N–H and O–H groups in total. The largest absolute Gasteiger partial charge is 0.314 e. The van der Waals surface area contributed by atoms with Crippen LogP contribution in [0.15, 0.2) is 48.7 Å². The Labute approximate surface area is 170 Å². The zero-order valence-electron chi connectivity index (χ0n) is 16.8. The molecular formula is C23H27N5O. The predicted molar refractivity (Wildman–Crippen MR) is 115 cm³/mol. The van der Waals surface area contributed by atoms with Gasteiger partial charge in [0.2, 0.25) is 5.91 Å². The number of carbonyl (C=O) groups excluding carboxylic acids is 1. The topological polar surface area (TPSA) is 61.7 Å². The molecule has 2 aliphatic rings. The van der Waals surface area contributed by atoms with Crippen LogP contribution in [0.1, 0.15) is 25.3 Å². The monoisotopic (exact) mass is 389 g/mol. The van der Waals surface area contributed by atoms with Crippen molar-refractivity contribution in [3.05, 3.63) is 54.2 Å². The van der Waals surface area contributed by atoms with E-state index in [0.717, 1.165) is 55.7 Å². The first-order valence-electron chi connectivity index (χ1n) is 10.5. The van der Waals surface area contributed by atoms with Gasteiger partial charge in [0, 0.05) is 56.0 Å². The summed E-state index contributed by atoms with van der Waals surface area (Å²) in [6, 6.07) is 15.5. The Morgan fingerprint density at radius 1 is 1.24 bits per heavy atom. The highest BCUT2D eigenvalue weighted by atomic mass is 16.2. The number of anilines is 1. The zero-order chi connectivity index (χ0) is 19.8. The van der Waals surface area contributed by atoms with E-state index in [1.54, 1.807) is 0 Å². The lowest BCUT2D eigenvalue weighted by Crippen LogP contribution is -2.49. The van der Waals surface area contributed by atoms with Crippen molar-refractivity contribution in [2.45, 2.75) is 32.4 Å². The van der Waals surface area contributed by atoms with Crippen LogP contribution in [0, 0.1) is 5.92 Å². The number of amides is 1. The molecule has 29 heavy (non-hydrogen) atoms. The molecule has 150 valence electrons. The Kier molecular flexibility index (Phi) is 4.81. The van der Waals surface area contributed by atoms with Crippen molar-refractivity contribution in [2.75, 3.05) is 25.0 Å². The summed E-state index contributed by atoms with van der Waals surface area (Å²) < 4.78 is 1.84. The first-order valence-corrected chi connectivity index (χ1v) is 10.5. The smallest absolute Gasteiger partial charge is 0.228 e. The fraction of sp³-hybridized carbons (Fsp3) is 0.391. The molecule has 2 fully saturated rings. The number of nitrogens with one attached hydrogen (secondary N) is 2. The van der Waals surface area contributed by atoms with E-state index in [9.17, 15) is 4.79 Å². The van der Waals surface area contributed by atoms with E-state index < -0.39 is 0 Å². The Hall–Kier alpha value is -2.70. The molecule has 0 spiro atoms. The van der Waals surface area contributed by atoms with Gasteiger partial charge in [0.1, 0.15) is 0 Å². The molecule has 5 rings (SSSR count). The Balaban J connectivity index is 1.37. The number of hydrogen-bond donors (Lipinski definition) is 2. The summed E-state index contributed by atoms with van der Waals surface area (Å²) in [5.41, 5.74) is 4.61. The maximum Gasteiger partial charge on any atom is 0.228 e. The van der Waals surface area contributed by atoms with E-state index in [1.807, 2.05) is 22.8 Å². The summed E-state index contributed by atoms with van der Waals surface area (Å²) in [7, 11) is 0. The van der Waals surface area contributed by atoms with Crippen molar-refractivity contribution >= 4 is 17.2 Å². The van der Waals surface area contributed by atoms with Crippen LogP contribution in [0.25, 0.3) is 16.6 Å². The van der Waals surface area contributed by atoms with E-state index >= 15 is 0 Å². The van der Waals surface area contributed by atoms with Gasteiger partial charge in [-0.3, -0.25) is 9.69 Å². The molecule has 6 heteroatoms. The quantitative estimate of drug-likeness (QED) is 0.704. The number of rotatable bonds is 5. The summed E-state index contributed by atoms with van der Waals surface area (Å²) in [4.78, 5) is 14.6. The van der Waals surface area contributed by atoms with Crippen LogP contribution in [0.2, 0.25) is 0 Å². The highest BCUT2D eigenvalue weighted by Crippen LogP contribution is 2.31. The highest BCUT2D eigenvalue weighted by molar-refractivity contribution is 5.94. The van der Waals surface area contributed by atoms with Gasteiger partial charge < -0.3 is 10.6 Å². The fourth-order valence-electron chi connectivity index (χ4n) is 4.04. The van der Waals surface area contributed by atoms with Gasteiger partial charge in [-0.25, -0.2) is 4.52 Å². The van der Waals surface area contributed by atoms with Crippen LogP contribution in [-0.2, 0) is 11.3 Å². The number of pyridine rings is 1. The predicted octanol–water partition coefficient (Wildman–Crippen LogP) is 3.14. The SMILES string of the molecule is CC1CNCCN1Cc1ccc(-c2cccn3nc(NC(=O)C4CC4)cc23)cc1. The minimum Gasteiger partial charge on any atom is -0.314 e. The van der Waals surface area contributed by atoms with E-state index in [1.165, 1.54) is 5.56 Å². The molecule has 6 nitrogen and oxygen atoms in total. The number of nitrogens with zero attached hydrogens (tertiary/aromatic N) is 3. The Morgan fingerprint density at radius 2 is 2.07 bits per heavy atom. The van der Waals surface area contributed by atoms with E-state index in [4.69, 9.17) is 0 Å². The molecular weight excluding hydrogens is 362 g/mol. The van der Waals surface area contributed by atoms with Gasteiger partial charge in [0.25, 0.3) is 0 Å². The normalized spacial score (nSPS) is 20.1. The standard InChI is InChI=1S/C23H27N5O/c1-16-14-24-10-12-27(16)15-17-4-6-18(7-5-17)20-3-2-11-28-21(20)13-22(26-28)25-23(29)19-8-9-19/h2-7,11,13,16,19,24H,8-10,12,14-15H2,1H3,(H,25,26,29). The molecule has 2 aromatic heterocycles. The molecule has 1 amide bonds. The lowest BCUT2D eigenvalue weighted by molar-refractivity contribution is -0.117. The van der Waals surface area contributed by atoms with Gasteiger partial charge in [-0.2, -0.15) is 5.10 Å². The van der Waals surface area contributed by atoms with Crippen molar-refractivity contribution in [2.24, 2.45) is 5.92 Å². The van der Waals surface area contributed by atoms with E-state index in [0.29, 0.717) is 11.9 Å².